The van der Waals surface area contributed by atoms with Gasteiger partial charge in [-0.05, 0) is 15.9 Å². The number of hydrogen-bond acceptors (Lipinski definition) is 3. The molecule has 0 atom stereocenters. The van der Waals surface area contributed by atoms with Crippen LogP contribution in [0.3, 0.4) is 0 Å². The fourth-order valence-corrected chi connectivity index (χ4v) is 1.53. The first-order valence-electron chi connectivity index (χ1n) is 3.51. The van der Waals surface area contributed by atoms with Crippen LogP contribution < -0.4 is 0 Å². The molecular formula is C7H8BrClN2OS. The summed E-state index contributed by atoms with van der Waals surface area (Å²) in [7, 11) is 1.62. The highest BCUT2D eigenvalue weighted by Gasteiger charge is 2.04. The van der Waals surface area contributed by atoms with Crippen LogP contribution in [-0.4, -0.2) is 17.1 Å². The van der Waals surface area contributed by atoms with E-state index in [1.165, 1.54) is 0 Å². The molecule has 0 aromatic carbocycles. The second-order valence-electron chi connectivity index (χ2n) is 2.35. The van der Waals surface area contributed by atoms with Crippen LogP contribution in [0.4, 0.5) is 0 Å². The molecule has 0 aliphatic carbocycles. The van der Waals surface area contributed by atoms with Crippen molar-refractivity contribution in [2.75, 3.05) is 7.11 Å². The maximum atomic E-state index is 5.63. The summed E-state index contributed by atoms with van der Waals surface area (Å²) in [6, 6.07) is 0. The highest BCUT2D eigenvalue weighted by Crippen LogP contribution is 2.16. The van der Waals surface area contributed by atoms with Crippen molar-refractivity contribution in [3.63, 3.8) is 0 Å². The first-order valence-corrected chi connectivity index (χ1v) is 5.25. The second kappa shape index (κ2) is 5.05. The zero-order valence-corrected chi connectivity index (χ0v) is 10.1. The van der Waals surface area contributed by atoms with E-state index in [0.717, 1.165) is 10.2 Å². The van der Waals surface area contributed by atoms with Crippen LogP contribution in [0.2, 0.25) is 0 Å². The number of rotatable bonds is 3. The van der Waals surface area contributed by atoms with E-state index in [0.29, 0.717) is 23.0 Å². The van der Waals surface area contributed by atoms with Crippen molar-refractivity contribution >= 4 is 39.7 Å². The molecule has 1 aromatic rings. The van der Waals surface area contributed by atoms with Crippen LogP contribution in [0, 0.1) is 4.64 Å². The predicted molar refractivity (Wildman–Crippen MR) is 57.4 cm³/mol. The molecule has 1 rings (SSSR count). The van der Waals surface area contributed by atoms with Gasteiger partial charge in [-0.1, -0.05) is 12.2 Å². The Morgan fingerprint density at radius 2 is 2.38 bits per heavy atom. The highest BCUT2D eigenvalue weighted by atomic mass is 79.9. The maximum Gasteiger partial charge on any atom is 0.144 e. The molecule has 72 valence electrons. The number of halogens is 2. The molecule has 3 nitrogen and oxygen atoms in total. The van der Waals surface area contributed by atoms with Crippen molar-refractivity contribution in [3.05, 3.63) is 20.6 Å². The zero-order chi connectivity index (χ0) is 9.84. The van der Waals surface area contributed by atoms with E-state index < -0.39 is 0 Å². The van der Waals surface area contributed by atoms with Crippen LogP contribution in [0.1, 0.15) is 11.5 Å². The molecule has 0 spiro atoms. The van der Waals surface area contributed by atoms with E-state index in [1.807, 2.05) is 0 Å². The van der Waals surface area contributed by atoms with Crippen molar-refractivity contribution < 1.29 is 4.74 Å². The molecule has 0 fully saturated rings. The Kier molecular flexibility index (Phi) is 4.31. The number of nitrogens with one attached hydrogen (secondary N) is 1. The monoisotopic (exact) mass is 282 g/mol. The number of methoxy groups -OCH3 is 1. The summed E-state index contributed by atoms with van der Waals surface area (Å²) >= 11 is 14.0. The lowest BCUT2D eigenvalue weighted by Gasteiger charge is -2.05. The quantitative estimate of drug-likeness (QED) is 0.685. The summed E-state index contributed by atoms with van der Waals surface area (Å²) in [6.45, 7) is 0.455. The fourth-order valence-electron chi connectivity index (χ4n) is 0.865. The Morgan fingerprint density at radius 1 is 1.69 bits per heavy atom. The van der Waals surface area contributed by atoms with Crippen LogP contribution in [0.15, 0.2) is 4.47 Å². The van der Waals surface area contributed by atoms with E-state index >= 15 is 0 Å². The van der Waals surface area contributed by atoms with E-state index in [9.17, 15) is 0 Å². The van der Waals surface area contributed by atoms with E-state index in [4.69, 9.17) is 28.6 Å². The number of aromatic nitrogens is 2. The minimum absolute atomic E-state index is 0.313. The van der Waals surface area contributed by atoms with Gasteiger partial charge in [-0.3, -0.25) is 0 Å². The number of alkyl halides is 1. The molecule has 1 aromatic heterocycles. The van der Waals surface area contributed by atoms with Gasteiger partial charge in [0.15, 0.2) is 0 Å². The van der Waals surface area contributed by atoms with Crippen molar-refractivity contribution in [2.24, 2.45) is 0 Å². The molecule has 0 amide bonds. The molecule has 1 heterocycles. The van der Waals surface area contributed by atoms with Gasteiger partial charge in [0.1, 0.15) is 10.5 Å². The van der Waals surface area contributed by atoms with Gasteiger partial charge < -0.3 is 9.72 Å². The largest absolute Gasteiger partial charge is 0.378 e. The molecule has 13 heavy (non-hydrogen) atoms. The Labute approximate surface area is 94.6 Å². The lowest BCUT2D eigenvalue weighted by molar-refractivity contribution is 0.180. The van der Waals surface area contributed by atoms with Gasteiger partial charge in [-0.2, -0.15) is 0 Å². The molecule has 0 aliphatic rings. The summed E-state index contributed by atoms with van der Waals surface area (Å²) in [6.07, 6.45) is 0. The first-order chi connectivity index (χ1) is 6.19. The van der Waals surface area contributed by atoms with Crippen molar-refractivity contribution in [2.45, 2.75) is 12.5 Å². The van der Waals surface area contributed by atoms with Crippen molar-refractivity contribution in [3.8, 4) is 0 Å². The molecule has 0 bridgehead atoms. The third-order valence-electron chi connectivity index (χ3n) is 1.40. The molecule has 0 saturated carbocycles. The molecule has 0 radical (unpaired) electrons. The van der Waals surface area contributed by atoms with Gasteiger partial charge in [0.05, 0.1) is 22.7 Å². The Morgan fingerprint density at radius 3 is 2.92 bits per heavy atom. The maximum absolute atomic E-state index is 5.63. The summed E-state index contributed by atoms with van der Waals surface area (Å²) in [5.74, 6) is 0.968. The van der Waals surface area contributed by atoms with Crippen LogP contribution >= 0.6 is 39.7 Å². The zero-order valence-electron chi connectivity index (χ0n) is 6.93. The van der Waals surface area contributed by atoms with Crippen LogP contribution in [0.25, 0.3) is 0 Å². The molecule has 0 aliphatic heterocycles. The third-order valence-corrected chi connectivity index (χ3v) is 3.06. The van der Waals surface area contributed by atoms with Gasteiger partial charge in [0.2, 0.25) is 0 Å². The molecule has 6 heteroatoms. The SMILES string of the molecule is COCc1[nH]c(CCl)nc(=S)c1Br. The van der Waals surface area contributed by atoms with Gasteiger partial charge >= 0.3 is 0 Å². The minimum Gasteiger partial charge on any atom is -0.378 e. The number of aromatic amines is 1. The smallest absolute Gasteiger partial charge is 0.144 e. The van der Waals surface area contributed by atoms with Gasteiger partial charge in [0.25, 0.3) is 0 Å². The van der Waals surface area contributed by atoms with Gasteiger partial charge in [-0.15, -0.1) is 11.6 Å². The molecule has 1 N–H and O–H groups in total. The van der Waals surface area contributed by atoms with E-state index in [-0.39, 0.29) is 0 Å². The predicted octanol–water partition coefficient (Wildman–Crippen LogP) is 2.79. The number of hydrogen-bond donors (Lipinski definition) is 1. The topological polar surface area (TPSA) is 37.9 Å². The van der Waals surface area contributed by atoms with Crippen molar-refractivity contribution in [1.29, 1.82) is 0 Å². The molecule has 0 unspecified atom stereocenters. The van der Waals surface area contributed by atoms with E-state index in [2.05, 4.69) is 25.9 Å². The number of nitrogens with zero attached hydrogens (tertiary/aromatic N) is 1. The highest BCUT2D eigenvalue weighted by molar-refractivity contribution is 9.10. The summed E-state index contributed by atoms with van der Waals surface area (Å²) < 4.78 is 6.25. The minimum atomic E-state index is 0.313. The summed E-state index contributed by atoms with van der Waals surface area (Å²) in [4.78, 5) is 7.08. The Hall–Kier alpha value is 0.0300. The average Bonchev–Trinajstić information content (AvgIpc) is 2.13. The summed E-state index contributed by atoms with van der Waals surface area (Å²) in [5, 5.41) is 0. The van der Waals surface area contributed by atoms with E-state index in [1.54, 1.807) is 7.11 Å². The third kappa shape index (κ3) is 2.74. The van der Waals surface area contributed by atoms with Crippen LogP contribution in [0.5, 0.6) is 0 Å². The lowest BCUT2D eigenvalue weighted by atomic mass is 10.4. The molecule has 0 saturated heterocycles. The number of H-pyrrole nitrogens is 1. The number of ether oxygens (including phenoxy) is 1. The Bertz CT molecular complexity index is 355. The average molecular weight is 284 g/mol. The Balaban J connectivity index is 3.17. The first kappa shape index (κ1) is 11.1. The normalized spacial score (nSPS) is 10.4. The fraction of sp³-hybridized carbons (Fsp3) is 0.429. The van der Waals surface area contributed by atoms with Gasteiger partial charge in [0, 0.05) is 7.11 Å². The van der Waals surface area contributed by atoms with Gasteiger partial charge in [-0.25, -0.2) is 4.98 Å². The standard InChI is InChI=1S/C7H8BrClN2OS/c1-12-3-4-6(8)7(13)11-5(2-9)10-4/h2-3H2,1H3,(H,10,11,13). The lowest BCUT2D eigenvalue weighted by Crippen LogP contribution is -2.01. The molecular weight excluding hydrogens is 276 g/mol. The van der Waals surface area contributed by atoms with Crippen molar-refractivity contribution in [1.82, 2.24) is 9.97 Å². The van der Waals surface area contributed by atoms with Crippen LogP contribution in [-0.2, 0) is 17.2 Å². The second-order valence-corrected chi connectivity index (χ2v) is 3.79. The summed E-state index contributed by atoms with van der Waals surface area (Å²) in [5.41, 5.74) is 0.859.